The van der Waals surface area contributed by atoms with Crippen molar-refractivity contribution in [2.45, 2.75) is 44.3 Å². The van der Waals surface area contributed by atoms with Crippen molar-refractivity contribution < 1.29 is 14.6 Å². The Labute approximate surface area is 126 Å². The Balaban J connectivity index is 1.86. The van der Waals surface area contributed by atoms with Crippen molar-refractivity contribution in [1.29, 1.82) is 0 Å². The van der Waals surface area contributed by atoms with Gasteiger partial charge in [-0.25, -0.2) is 0 Å². The first kappa shape index (κ1) is 14.7. The maximum Gasteiger partial charge on any atom is 0.129 e. The third-order valence-corrected chi connectivity index (χ3v) is 4.91. The quantitative estimate of drug-likeness (QED) is 0.910. The molecular weight excluding hydrogens is 266 g/mol. The van der Waals surface area contributed by atoms with Crippen molar-refractivity contribution in [3.05, 3.63) is 23.8 Å². The first-order chi connectivity index (χ1) is 10.2. The number of benzene rings is 1. The molecule has 0 bridgehead atoms. The van der Waals surface area contributed by atoms with Crippen molar-refractivity contribution in [2.75, 3.05) is 26.7 Å². The molecule has 1 spiro atoms. The van der Waals surface area contributed by atoms with Gasteiger partial charge in [-0.3, -0.25) is 0 Å². The molecule has 4 nitrogen and oxygen atoms in total. The van der Waals surface area contributed by atoms with Crippen molar-refractivity contribution in [3.8, 4) is 11.5 Å². The van der Waals surface area contributed by atoms with E-state index in [1.807, 2.05) is 18.2 Å². The van der Waals surface area contributed by atoms with E-state index >= 15 is 0 Å². The minimum atomic E-state index is -0.437. The van der Waals surface area contributed by atoms with Gasteiger partial charge in [-0.2, -0.15) is 0 Å². The van der Waals surface area contributed by atoms with Gasteiger partial charge < -0.3 is 19.5 Å². The Kier molecular flexibility index (Phi) is 4.09. The summed E-state index contributed by atoms with van der Waals surface area (Å²) in [4.78, 5) is 2.46. The lowest BCUT2D eigenvalue weighted by Crippen LogP contribution is -2.42. The molecule has 0 amide bonds. The molecule has 1 saturated heterocycles. The van der Waals surface area contributed by atoms with Crippen LogP contribution in [-0.2, 0) is 0 Å². The Bertz CT molecular complexity index is 505. The van der Waals surface area contributed by atoms with Crippen LogP contribution in [0.5, 0.6) is 11.5 Å². The van der Waals surface area contributed by atoms with E-state index in [1.165, 1.54) is 0 Å². The minimum Gasteiger partial charge on any atom is -0.497 e. The lowest BCUT2D eigenvalue weighted by atomic mass is 9.83. The fourth-order valence-electron chi connectivity index (χ4n) is 3.59. The molecule has 2 heterocycles. The van der Waals surface area contributed by atoms with E-state index in [0.717, 1.165) is 56.0 Å². The molecular formula is C17H25NO3. The van der Waals surface area contributed by atoms with E-state index in [4.69, 9.17) is 9.47 Å². The maximum atomic E-state index is 10.5. The molecule has 1 aromatic carbocycles. The van der Waals surface area contributed by atoms with Crippen LogP contribution in [0.2, 0.25) is 0 Å². The molecule has 1 aromatic rings. The van der Waals surface area contributed by atoms with Gasteiger partial charge in [-0.1, -0.05) is 6.92 Å². The minimum absolute atomic E-state index is 0.220. The number of aliphatic hydroxyl groups is 1. The third-order valence-electron chi connectivity index (χ3n) is 4.91. The van der Waals surface area contributed by atoms with E-state index in [1.54, 1.807) is 7.11 Å². The highest BCUT2D eigenvalue weighted by molar-refractivity contribution is 5.44. The van der Waals surface area contributed by atoms with Crippen LogP contribution in [0.3, 0.4) is 0 Å². The monoisotopic (exact) mass is 291 g/mol. The molecule has 1 N–H and O–H groups in total. The van der Waals surface area contributed by atoms with Gasteiger partial charge in [-0.05, 0) is 44.5 Å². The fraction of sp³-hybridized carbons (Fsp3) is 0.647. The number of hydrogen-bond donors (Lipinski definition) is 1. The predicted molar refractivity (Wildman–Crippen MR) is 81.9 cm³/mol. The number of hydrogen-bond acceptors (Lipinski definition) is 4. The van der Waals surface area contributed by atoms with Gasteiger partial charge in [0.1, 0.15) is 17.1 Å². The van der Waals surface area contributed by atoms with Crippen LogP contribution in [0.1, 0.15) is 44.3 Å². The van der Waals surface area contributed by atoms with E-state index in [2.05, 4.69) is 11.8 Å². The largest absolute Gasteiger partial charge is 0.497 e. The zero-order valence-electron chi connectivity index (χ0n) is 13.0. The van der Waals surface area contributed by atoms with Gasteiger partial charge in [0.25, 0.3) is 0 Å². The highest BCUT2D eigenvalue weighted by Crippen LogP contribution is 2.45. The standard InChI is InChI=1S/C17H25NO3/c1-3-18-9-4-7-17(8-10-18)12-15(19)14-6-5-13(20-2)11-16(14)21-17/h5-6,11,15,19H,3-4,7-10,12H2,1-2H3. The van der Waals surface area contributed by atoms with Crippen molar-refractivity contribution in [3.63, 3.8) is 0 Å². The van der Waals surface area contributed by atoms with Crippen LogP contribution in [0.4, 0.5) is 0 Å². The SMILES string of the molecule is CCN1CCCC2(CC1)CC(O)c1ccc(OC)cc1O2. The second-order valence-corrected chi connectivity index (χ2v) is 6.20. The summed E-state index contributed by atoms with van der Waals surface area (Å²) in [5.74, 6) is 1.57. The van der Waals surface area contributed by atoms with Gasteiger partial charge >= 0.3 is 0 Å². The molecule has 2 atom stereocenters. The van der Waals surface area contributed by atoms with Crippen molar-refractivity contribution in [1.82, 2.24) is 4.90 Å². The second-order valence-electron chi connectivity index (χ2n) is 6.20. The van der Waals surface area contributed by atoms with Gasteiger partial charge in [0, 0.05) is 24.6 Å². The summed E-state index contributed by atoms with van der Waals surface area (Å²) in [7, 11) is 1.65. The van der Waals surface area contributed by atoms with Crippen LogP contribution in [0.25, 0.3) is 0 Å². The highest BCUT2D eigenvalue weighted by atomic mass is 16.5. The summed E-state index contributed by atoms with van der Waals surface area (Å²) in [5, 5.41) is 10.5. The number of rotatable bonds is 2. The molecule has 116 valence electrons. The molecule has 4 heteroatoms. The average Bonchev–Trinajstić information content (AvgIpc) is 2.69. The van der Waals surface area contributed by atoms with Gasteiger partial charge in [0.2, 0.25) is 0 Å². The van der Waals surface area contributed by atoms with E-state index in [9.17, 15) is 5.11 Å². The Morgan fingerprint density at radius 2 is 2.24 bits per heavy atom. The van der Waals surface area contributed by atoms with Crippen LogP contribution in [0, 0.1) is 0 Å². The van der Waals surface area contributed by atoms with Crippen LogP contribution in [0.15, 0.2) is 18.2 Å². The first-order valence-corrected chi connectivity index (χ1v) is 7.93. The number of likely N-dealkylation sites (tertiary alicyclic amines) is 1. The first-order valence-electron chi connectivity index (χ1n) is 7.93. The summed E-state index contributed by atoms with van der Waals surface area (Å²) < 4.78 is 11.7. The molecule has 0 aromatic heterocycles. The maximum absolute atomic E-state index is 10.5. The summed E-state index contributed by atoms with van der Waals surface area (Å²) >= 11 is 0. The van der Waals surface area contributed by atoms with Gasteiger partial charge in [0.05, 0.1) is 13.2 Å². The number of ether oxygens (including phenoxy) is 2. The normalized spacial score (nSPS) is 29.6. The van der Waals surface area contributed by atoms with Gasteiger partial charge in [-0.15, -0.1) is 0 Å². The summed E-state index contributed by atoms with van der Waals surface area (Å²) in [5.41, 5.74) is 0.668. The predicted octanol–water partition coefficient (Wildman–Crippen LogP) is 2.76. The van der Waals surface area contributed by atoms with Crippen LogP contribution < -0.4 is 9.47 Å². The summed E-state index contributed by atoms with van der Waals surface area (Å²) in [6.07, 6.45) is 3.38. The molecule has 2 aliphatic heterocycles. The smallest absolute Gasteiger partial charge is 0.129 e. The van der Waals surface area contributed by atoms with E-state index < -0.39 is 6.10 Å². The molecule has 21 heavy (non-hydrogen) atoms. The van der Waals surface area contributed by atoms with Crippen molar-refractivity contribution in [2.24, 2.45) is 0 Å². The third kappa shape index (κ3) is 2.87. The highest BCUT2D eigenvalue weighted by Gasteiger charge is 2.41. The molecule has 3 rings (SSSR count). The lowest BCUT2D eigenvalue weighted by molar-refractivity contribution is -0.0239. The molecule has 0 saturated carbocycles. The molecule has 2 aliphatic rings. The molecule has 1 fully saturated rings. The zero-order valence-corrected chi connectivity index (χ0v) is 13.0. The van der Waals surface area contributed by atoms with E-state index in [-0.39, 0.29) is 5.60 Å². The van der Waals surface area contributed by atoms with E-state index in [0.29, 0.717) is 6.42 Å². The Morgan fingerprint density at radius 1 is 1.38 bits per heavy atom. The zero-order chi connectivity index (χ0) is 14.9. The van der Waals surface area contributed by atoms with Crippen molar-refractivity contribution >= 4 is 0 Å². The second kappa shape index (κ2) is 5.85. The average molecular weight is 291 g/mol. The summed E-state index contributed by atoms with van der Waals surface area (Å²) in [6, 6.07) is 5.71. The number of nitrogens with zero attached hydrogens (tertiary/aromatic N) is 1. The molecule has 0 aliphatic carbocycles. The Hall–Kier alpha value is -1.26. The number of methoxy groups -OCH3 is 1. The summed E-state index contributed by atoms with van der Waals surface area (Å²) in [6.45, 7) is 5.46. The van der Waals surface area contributed by atoms with Gasteiger partial charge in [0.15, 0.2) is 0 Å². The lowest BCUT2D eigenvalue weighted by Gasteiger charge is -2.40. The molecule has 0 radical (unpaired) electrons. The van der Waals surface area contributed by atoms with Crippen LogP contribution >= 0.6 is 0 Å². The number of fused-ring (bicyclic) bond motifs is 1. The Morgan fingerprint density at radius 3 is 3.00 bits per heavy atom. The topological polar surface area (TPSA) is 41.9 Å². The van der Waals surface area contributed by atoms with Crippen LogP contribution in [-0.4, -0.2) is 42.4 Å². The fourth-order valence-corrected chi connectivity index (χ4v) is 3.59. The molecule has 2 unspecified atom stereocenters. The number of aliphatic hydroxyl groups excluding tert-OH is 1.